The van der Waals surface area contributed by atoms with Crippen LogP contribution in [0.25, 0.3) is 0 Å². The molecule has 6 nitrogen and oxygen atoms in total. The van der Waals surface area contributed by atoms with Crippen molar-refractivity contribution in [1.82, 2.24) is 10.9 Å². The first-order valence-corrected chi connectivity index (χ1v) is 9.91. The molecular formula is C19H20ClN3O3S. The Morgan fingerprint density at radius 1 is 1.07 bits per heavy atom. The third kappa shape index (κ3) is 5.80. The maximum atomic E-state index is 12.2. The molecule has 1 aliphatic rings. The second-order valence-corrected chi connectivity index (χ2v) is 7.50. The van der Waals surface area contributed by atoms with E-state index in [1.807, 2.05) is 23.1 Å². The highest BCUT2D eigenvalue weighted by Gasteiger charge is 2.18. The Labute approximate surface area is 167 Å². The Bertz CT molecular complexity index is 801. The largest absolute Gasteiger partial charge is 0.484 e. The molecule has 0 bridgehead atoms. The number of fused-ring (bicyclic) bond motifs is 1. The number of para-hydroxylation sites is 1. The van der Waals surface area contributed by atoms with E-state index in [1.165, 1.54) is 4.90 Å². The van der Waals surface area contributed by atoms with Gasteiger partial charge in [-0.3, -0.25) is 20.4 Å². The van der Waals surface area contributed by atoms with Crippen molar-refractivity contribution in [2.75, 3.05) is 30.3 Å². The molecule has 0 saturated heterocycles. The number of nitrogens with one attached hydrogen (secondary N) is 2. The first-order chi connectivity index (χ1) is 13.1. The van der Waals surface area contributed by atoms with E-state index in [2.05, 4.69) is 16.9 Å². The SMILES string of the molecule is O=C(COc1ccc(Cl)cc1)NNC(=O)CN1CCCSc2ccccc21. The summed E-state index contributed by atoms with van der Waals surface area (Å²) in [6.45, 7) is 0.770. The van der Waals surface area contributed by atoms with Crippen LogP contribution in [0.5, 0.6) is 5.75 Å². The molecule has 27 heavy (non-hydrogen) atoms. The van der Waals surface area contributed by atoms with Gasteiger partial charge in [-0.15, -0.1) is 11.8 Å². The smallest absolute Gasteiger partial charge is 0.276 e. The Hall–Kier alpha value is -2.38. The summed E-state index contributed by atoms with van der Waals surface area (Å²) in [7, 11) is 0. The highest BCUT2D eigenvalue weighted by Crippen LogP contribution is 2.33. The zero-order chi connectivity index (χ0) is 19.1. The van der Waals surface area contributed by atoms with E-state index in [4.69, 9.17) is 16.3 Å². The second-order valence-electron chi connectivity index (χ2n) is 5.93. The zero-order valence-electron chi connectivity index (χ0n) is 14.6. The normalized spacial score (nSPS) is 13.3. The third-order valence-corrected chi connectivity index (χ3v) is 5.30. The summed E-state index contributed by atoms with van der Waals surface area (Å²) in [6, 6.07) is 14.7. The summed E-state index contributed by atoms with van der Waals surface area (Å²) in [5, 5.41) is 0.590. The number of anilines is 1. The molecule has 2 aromatic rings. The minimum atomic E-state index is -0.440. The number of benzene rings is 2. The van der Waals surface area contributed by atoms with Gasteiger partial charge in [-0.05, 0) is 48.6 Å². The van der Waals surface area contributed by atoms with Gasteiger partial charge < -0.3 is 9.64 Å². The Morgan fingerprint density at radius 3 is 2.63 bits per heavy atom. The quantitative estimate of drug-likeness (QED) is 0.748. The van der Waals surface area contributed by atoms with Crippen LogP contribution in [-0.2, 0) is 9.59 Å². The van der Waals surface area contributed by atoms with Gasteiger partial charge >= 0.3 is 0 Å². The summed E-state index contributed by atoms with van der Waals surface area (Å²) in [4.78, 5) is 27.3. The lowest BCUT2D eigenvalue weighted by atomic mass is 10.2. The topological polar surface area (TPSA) is 70.7 Å². The number of carbonyl (C=O) groups is 2. The lowest BCUT2D eigenvalue weighted by Crippen LogP contribution is -2.48. The number of amides is 2. The van der Waals surface area contributed by atoms with Crippen molar-refractivity contribution < 1.29 is 14.3 Å². The van der Waals surface area contributed by atoms with Crippen LogP contribution in [0.1, 0.15) is 6.42 Å². The average Bonchev–Trinajstić information content (AvgIpc) is 2.88. The van der Waals surface area contributed by atoms with E-state index in [-0.39, 0.29) is 19.1 Å². The standard InChI is InChI=1S/C19H20ClN3O3S/c20-14-6-8-15(9-7-14)26-13-19(25)22-21-18(24)12-23-10-3-11-27-17-5-2-1-4-16(17)23/h1-2,4-9H,3,10-13H2,(H,21,24)(H,22,25). The number of halogens is 1. The number of thioether (sulfide) groups is 1. The molecule has 0 aliphatic carbocycles. The first-order valence-electron chi connectivity index (χ1n) is 8.54. The van der Waals surface area contributed by atoms with Crippen molar-refractivity contribution in [2.45, 2.75) is 11.3 Å². The predicted molar refractivity (Wildman–Crippen MR) is 107 cm³/mol. The van der Waals surface area contributed by atoms with Crippen molar-refractivity contribution in [3.05, 3.63) is 53.6 Å². The van der Waals surface area contributed by atoms with E-state index in [0.29, 0.717) is 10.8 Å². The molecule has 3 rings (SSSR count). The van der Waals surface area contributed by atoms with Gasteiger partial charge in [0, 0.05) is 16.5 Å². The molecule has 0 unspecified atom stereocenters. The van der Waals surface area contributed by atoms with Crippen molar-refractivity contribution in [1.29, 1.82) is 0 Å². The van der Waals surface area contributed by atoms with Gasteiger partial charge in [-0.1, -0.05) is 23.7 Å². The van der Waals surface area contributed by atoms with Gasteiger partial charge in [0.15, 0.2) is 6.61 Å². The Kier molecular flexibility index (Phi) is 6.84. The minimum Gasteiger partial charge on any atom is -0.484 e. The molecule has 2 aromatic carbocycles. The molecule has 8 heteroatoms. The second kappa shape index (κ2) is 9.53. The van der Waals surface area contributed by atoms with E-state index >= 15 is 0 Å². The summed E-state index contributed by atoms with van der Waals surface area (Å²) in [6.07, 6.45) is 0.994. The van der Waals surface area contributed by atoms with Gasteiger partial charge in [0.25, 0.3) is 11.8 Å². The van der Waals surface area contributed by atoms with Crippen LogP contribution in [0.15, 0.2) is 53.4 Å². The van der Waals surface area contributed by atoms with Crippen LogP contribution in [0, 0.1) is 0 Å². The number of hydrogen-bond acceptors (Lipinski definition) is 5. The summed E-state index contributed by atoms with van der Waals surface area (Å²) in [5.41, 5.74) is 5.86. The van der Waals surface area contributed by atoms with Crippen molar-refractivity contribution >= 4 is 40.9 Å². The summed E-state index contributed by atoms with van der Waals surface area (Å²) in [5.74, 6) is 0.828. The number of nitrogens with zero attached hydrogens (tertiary/aromatic N) is 1. The van der Waals surface area contributed by atoms with Gasteiger partial charge in [-0.25, -0.2) is 0 Å². The zero-order valence-corrected chi connectivity index (χ0v) is 16.2. The summed E-state index contributed by atoms with van der Waals surface area (Å²) < 4.78 is 5.33. The van der Waals surface area contributed by atoms with Gasteiger partial charge in [-0.2, -0.15) is 0 Å². The Morgan fingerprint density at radius 2 is 1.81 bits per heavy atom. The molecule has 0 aromatic heterocycles. The molecule has 0 spiro atoms. The molecule has 0 radical (unpaired) electrons. The molecule has 1 heterocycles. The molecule has 0 saturated carbocycles. The van der Waals surface area contributed by atoms with E-state index in [1.54, 1.807) is 36.0 Å². The van der Waals surface area contributed by atoms with Crippen molar-refractivity contribution in [2.24, 2.45) is 0 Å². The number of hydrazine groups is 1. The number of hydrogen-bond donors (Lipinski definition) is 2. The maximum absolute atomic E-state index is 12.2. The molecule has 0 fully saturated rings. The highest BCUT2D eigenvalue weighted by atomic mass is 35.5. The van der Waals surface area contributed by atoms with Crippen LogP contribution >= 0.6 is 23.4 Å². The van der Waals surface area contributed by atoms with Crippen LogP contribution < -0.4 is 20.5 Å². The van der Waals surface area contributed by atoms with E-state index in [0.717, 1.165) is 24.4 Å². The van der Waals surface area contributed by atoms with Crippen molar-refractivity contribution in [3.8, 4) is 5.75 Å². The van der Waals surface area contributed by atoms with Crippen LogP contribution in [-0.4, -0.2) is 37.3 Å². The van der Waals surface area contributed by atoms with Crippen LogP contribution in [0.2, 0.25) is 5.02 Å². The fourth-order valence-corrected chi connectivity index (χ4v) is 3.77. The maximum Gasteiger partial charge on any atom is 0.276 e. The third-order valence-electron chi connectivity index (χ3n) is 3.90. The number of rotatable bonds is 5. The average molecular weight is 406 g/mol. The number of ether oxygens (including phenoxy) is 1. The van der Waals surface area contributed by atoms with Gasteiger partial charge in [0.1, 0.15) is 5.75 Å². The lowest BCUT2D eigenvalue weighted by Gasteiger charge is -2.23. The molecule has 0 atom stereocenters. The van der Waals surface area contributed by atoms with E-state index in [9.17, 15) is 9.59 Å². The van der Waals surface area contributed by atoms with E-state index < -0.39 is 5.91 Å². The van der Waals surface area contributed by atoms with Crippen molar-refractivity contribution in [3.63, 3.8) is 0 Å². The molecule has 2 N–H and O–H groups in total. The van der Waals surface area contributed by atoms with Crippen LogP contribution in [0.3, 0.4) is 0 Å². The first kappa shape index (κ1) is 19.4. The molecular weight excluding hydrogens is 386 g/mol. The predicted octanol–water partition coefficient (Wildman–Crippen LogP) is 2.87. The number of carbonyl (C=O) groups excluding carboxylic acids is 2. The molecule has 142 valence electrons. The minimum absolute atomic E-state index is 0.176. The van der Waals surface area contributed by atoms with Gasteiger partial charge in [0.2, 0.25) is 0 Å². The van der Waals surface area contributed by atoms with Crippen LogP contribution in [0.4, 0.5) is 5.69 Å². The fraction of sp³-hybridized carbons (Fsp3) is 0.263. The monoisotopic (exact) mass is 405 g/mol. The molecule has 1 aliphatic heterocycles. The fourth-order valence-electron chi connectivity index (χ4n) is 2.63. The Balaban J connectivity index is 1.45. The lowest BCUT2D eigenvalue weighted by molar-refractivity contribution is -0.129. The molecule has 2 amide bonds. The highest BCUT2D eigenvalue weighted by molar-refractivity contribution is 7.99. The summed E-state index contributed by atoms with van der Waals surface area (Å²) >= 11 is 7.59. The van der Waals surface area contributed by atoms with Gasteiger partial charge in [0.05, 0.1) is 12.2 Å².